The molecule has 2 rings (SSSR count). The molecule has 5 nitrogen and oxygen atoms in total. The molecule has 0 heterocycles. The highest BCUT2D eigenvalue weighted by Gasteiger charge is 2.15. The van der Waals surface area contributed by atoms with E-state index in [4.69, 9.17) is 9.47 Å². The van der Waals surface area contributed by atoms with Gasteiger partial charge < -0.3 is 9.47 Å². The average Bonchev–Trinajstić information content (AvgIpc) is 2.46. The summed E-state index contributed by atoms with van der Waals surface area (Å²) in [6.07, 6.45) is 0. The van der Waals surface area contributed by atoms with E-state index in [1.165, 1.54) is 6.07 Å². The van der Waals surface area contributed by atoms with E-state index >= 15 is 0 Å². The van der Waals surface area contributed by atoms with E-state index in [9.17, 15) is 10.1 Å². The molecule has 0 aliphatic rings. The maximum Gasteiger partial charge on any atom is 0.277 e. The van der Waals surface area contributed by atoms with Crippen LogP contribution in [0.15, 0.2) is 45.3 Å². The van der Waals surface area contributed by atoms with E-state index < -0.39 is 4.92 Å². The Morgan fingerprint density at radius 1 is 1.19 bits per heavy atom. The molecule has 0 N–H and O–H groups in total. The van der Waals surface area contributed by atoms with E-state index in [-0.39, 0.29) is 12.3 Å². The summed E-state index contributed by atoms with van der Waals surface area (Å²) < 4.78 is 12.1. The van der Waals surface area contributed by atoms with Gasteiger partial charge in [0.25, 0.3) is 5.69 Å². The molecule has 0 unspecified atom stereocenters. The predicted molar refractivity (Wildman–Crippen MR) is 85.8 cm³/mol. The molecule has 21 heavy (non-hydrogen) atoms. The maximum atomic E-state index is 11.0. The summed E-state index contributed by atoms with van der Waals surface area (Å²) >= 11 is 6.60. The number of nitro benzene ring substituents is 1. The molecule has 0 radical (unpaired) electrons. The van der Waals surface area contributed by atoms with Gasteiger partial charge in [0.1, 0.15) is 18.1 Å². The fraction of sp³-hybridized carbons (Fsp3) is 0.143. The summed E-state index contributed by atoms with van der Waals surface area (Å²) in [5.74, 6) is 1.29. The Kier molecular flexibility index (Phi) is 5.19. The van der Waals surface area contributed by atoms with Crippen LogP contribution < -0.4 is 9.47 Å². The lowest BCUT2D eigenvalue weighted by Crippen LogP contribution is -2.01. The third kappa shape index (κ3) is 3.95. The largest absolute Gasteiger partial charge is 0.497 e. The normalized spacial score (nSPS) is 10.2. The lowest BCUT2D eigenvalue weighted by molar-refractivity contribution is -0.385. The minimum atomic E-state index is -0.424. The second kappa shape index (κ2) is 6.91. The van der Waals surface area contributed by atoms with Crippen molar-refractivity contribution in [2.45, 2.75) is 6.61 Å². The minimum absolute atomic E-state index is 0.0222. The third-order valence-corrected chi connectivity index (χ3v) is 3.88. The van der Waals surface area contributed by atoms with Crippen LogP contribution in [0.2, 0.25) is 0 Å². The van der Waals surface area contributed by atoms with Gasteiger partial charge in [0.2, 0.25) is 0 Å². The van der Waals surface area contributed by atoms with Gasteiger partial charge in [-0.3, -0.25) is 10.1 Å². The lowest BCUT2D eigenvalue weighted by atomic mass is 10.2. The number of benzene rings is 2. The quantitative estimate of drug-likeness (QED) is 0.523. The summed E-state index contributed by atoms with van der Waals surface area (Å²) in [5.41, 5.74) is 0.528. The van der Waals surface area contributed by atoms with Crippen molar-refractivity contribution in [1.82, 2.24) is 0 Å². The Hall–Kier alpha value is -1.60. The first-order valence-corrected chi connectivity index (χ1v) is 7.49. The van der Waals surface area contributed by atoms with Gasteiger partial charge in [-0.1, -0.05) is 15.9 Å². The molecule has 0 bridgehead atoms. The van der Waals surface area contributed by atoms with Gasteiger partial charge in [0, 0.05) is 10.5 Å². The Morgan fingerprint density at radius 2 is 1.95 bits per heavy atom. The lowest BCUT2D eigenvalue weighted by Gasteiger charge is -2.10. The molecular formula is C14H11Br2NO4. The minimum Gasteiger partial charge on any atom is -0.497 e. The zero-order valence-corrected chi connectivity index (χ0v) is 14.2. The zero-order valence-electron chi connectivity index (χ0n) is 11.0. The number of methoxy groups -OCH3 is 1. The van der Waals surface area contributed by atoms with Crippen molar-refractivity contribution in [2.24, 2.45) is 0 Å². The topological polar surface area (TPSA) is 61.6 Å². The molecule has 7 heteroatoms. The molecule has 0 amide bonds. The molecule has 0 aromatic heterocycles. The van der Waals surface area contributed by atoms with Crippen molar-refractivity contribution < 1.29 is 14.4 Å². The SMILES string of the molecule is COc1ccc(OCc2ccc(Br)cc2[N+](=O)[O-])c(Br)c1. The van der Waals surface area contributed by atoms with Crippen molar-refractivity contribution in [3.05, 3.63) is 61.0 Å². The molecule has 0 aliphatic heterocycles. The smallest absolute Gasteiger partial charge is 0.277 e. The van der Waals surface area contributed by atoms with Crippen LogP contribution >= 0.6 is 31.9 Å². The Bertz CT molecular complexity index is 676. The van der Waals surface area contributed by atoms with E-state index in [1.54, 1.807) is 37.4 Å². The molecule has 0 fully saturated rings. The fourth-order valence-electron chi connectivity index (χ4n) is 1.71. The van der Waals surface area contributed by atoms with Gasteiger partial charge in [-0.05, 0) is 46.3 Å². The van der Waals surface area contributed by atoms with Gasteiger partial charge in [-0.25, -0.2) is 0 Å². The zero-order chi connectivity index (χ0) is 15.4. The number of hydrogen-bond donors (Lipinski definition) is 0. The van der Waals surface area contributed by atoms with Crippen molar-refractivity contribution in [2.75, 3.05) is 7.11 Å². The summed E-state index contributed by atoms with van der Waals surface area (Å²) in [6.45, 7) is 0.106. The van der Waals surface area contributed by atoms with Crippen molar-refractivity contribution in [3.63, 3.8) is 0 Å². The van der Waals surface area contributed by atoms with E-state index in [0.29, 0.717) is 21.5 Å². The standard InChI is InChI=1S/C14H11Br2NO4/c1-20-11-4-5-14(12(16)7-11)21-8-9-2-3-10(15)6-13(9)17(18)19/h2-7H,8H2,1H3. The van der Waals surface area contributed by atoms with Crippen LogP contribution in [0.4, 0.5) is 5.69 Å². The molecule has 0 aliphatic carbocycles. The molecule has 2 aromatic carbocycles. The molecular weight excluding hydrogens is 406 g/mol. The van der Waals surface area contributed by atoms with Crippen LogP contribution in [0.5, 0.6) is 11.5 Å². The molecule has 0 spiro atoms. The van der Waals surface area contributed by atoms with Gasteiger partial charge >= 0.3 is 0 Å². The molecule has 0 atom stereocenters. The van der Waals surface area contributed by atoms with Crippen molar-refractivity contribution in [1.29, 1.82) is 0 Å². The monoisotopic (exact) mass is 415 g/mol. The number of hydrogen-bond acceptors (Lipinski definition) is 4. The van der Waals surface area contributed by atoms with Gasteiger partial charge in [0.05, 0.1) is 22.1 Å². The highest BCUT2D eigenvalue weighted by atomic mass is 79.9. The number of ether oxygens (including phenoxy) is 2. The first kappa shape index (κ1) is 15.8. The Morgan fingerprint density at radius 3 is 2.57 bits per heavy atom. The van der Waals surface area contributed by atoms with Crippen LogP contribution in [0.25, 0.3) is 0 Å². The first-order valence-electron chi connectivity index (χ1n) is 5.90. The van der Waals surface area contributed by atoms with Gasteiger partial charge in [0.15, 0.2) is 0 Å². The maximum absolute atomic E-state index is 11.0. The first-order chi connectivity index (χ1) is 10.0. The van der Waals surface area contributed by atoms with Gasteiger partial charge in [-0.2, -0.15) is 0 Å². The fourth-order valence-corrected chi connectivity index (χ4v) is 2.53. The molecule has 110 valence electrons. The number of halogens is 2. The third-order valence-electron chi connectivity index (χ3n) is 2.77. The van der Waals surface area contributed by atoms with Crippen LogP contribution in [0, 0.1) is 10.1 Å². The van der Waals surface area contributed by atoms with Crippen LogP contribution in [0.3, 0.4) is 0 Å². The van der Waals surface area contributed by atoms with Crippen molar-refractivity contribution >= 4 is 37.5 Å². The van der Waals surface area contributed by atoms with E-state index in [1.807, 2.05) is 0 Å². The van der Waals surface area contributed by atoms with Crippen LogP contribution in [-0.4, -0.2) is 12.0 Å². The second-order valence-electron chi connectivity index (χ2n) is 4.12. The highest BCUT2D eigenvalue weighted by Crippen LogP contribution is 2.31. The summed E-state index contributed by atoms with van der Waals surface area (Å²) in [5, 5.41) is 11.0. The Balaban J connectivity index is 2.18. The predicted octanol–water partition coefficient (Wildman–Crippen LogP) is 4.71. The average molecular weight is 417 g/mol. The van der Waals surface area contributed by atoms with Gasteiger partial charge in [-0.15, -0.1) is 0 Å². The Labute approximate surface area is 138 Å². The number of rotatable bonds is 5. The number of nitrogens with zero attached hydrogens (tertiary/aromatic N) is 1. The summed E-state index contributed by atoms with van der Waals surface area (Å²) in [7, 11) is 1.58. The second-order valence-corrected chi connectivity index (χ2v) is 5.89. The summed E-state index contributed by atoms with van der Waals surface area (Å²) in [4.78, 5) is 10.6. The van der Waals surface area contributed by atoms with Crippen LogP contribution in [-0.2, 0) is 6.61 Å². The summed E-state index contributed by atoms with van der Waals surface area (Å²) in [6, 6.07) is 10.1. The van der Waals surface area contributed by atoms with Crippen LogP contribution in [0.1, 0.15) is 5.56 Å². The molecule has 2 aromatic rings. The van der Waals surface area contributed by atoms with E-state index in [2.05, 4.69) is 31.9 Å². The molecule has 0 saturated carbocycles. The van der Waals surface area contributed by atoms with E-state index in [0.717, 1.165) is 4.47 Å². The highest BCUT2D eigenvalue weighted by molar-refractivity contribution is 9.10. The molecule has 0 saturated heterocycles. The number of nitro groups is 1. The van der Waals surface area contributed by atoms with Crippen molar-refractivity contribution in [3.8, 4) is 11.5 Å².